The molecule has 0 radical (unpaired) electrons. The summed E-state index contributed by atoms with van der Waals surface area (Å²) in [5.41, 5.74) is 0.723. The number of allylic oxidation sites excluding steroid dienone is 2. The predicted molar refractivity (Wildman–Crippen MR) is 116 cm³/mol. The van der Waals surface area contributed by atoms with E-state index in [9.17, 15) is 14.4 Å². The van der Waals surface area contributed by atoms with Gasteiger partial charge in [0.15, 0.2) is 0 Å². The monoisotopic (exact) mass is 409 g/mol. The highest BCUT2D eigenvalue weighted by Crippen LogP contribution is 2.53. The van der Waals surface area contributed by atoms with Crippen LogP contribution in [0.25, 0.3) is 10.8 Å². The molecule has 5 heteroatoms. The van der Waals surface area contributed by atoms with Crippen LogP contribution in [0.3, 0.4) is 0 Å². The second kappa shape index (κ2) is 6.64. The quantitative estimate of drug-likeness (QED) is 0.279. The summed E-state index contributed by atoms with van der Waals surface area (Å²) in [6.45, 7) is 0. The zero-order valence-corrected chi connectivity index (χ0v) is 16.6. The molecule has 31 heavy (non-hydrogen) atoms. The van der Waals surface area contributed by atoms with Crippen molar-refractivity contribution in [3.05, 3.63) is 84.4 Å². The minimum atomic E-state index is -0.528. The first-order valence-corrected chi connectivity index (χ1v) is 10.5. The number of hydrogen-bond acceptors (Lipinski definition) is 4. The van der Waals surface area contributed by atoms with E-state index in [1.54, 1.807) is 30.3 Å². The molecule has 0 aromatic heterocycles. The van der Waals surface area contributed by atoms with E-state index in [1.165, 1.54) is 4.90 Å². The van der Waals surface area contributed by atoms with Crippen LogP contribution >= 0.6 is 0 Å². The van der Waals surface area contributed by atoms with E-state index in [0.717, 1.165) is 17.2 Å². The maximum Gasteiger partial charge on any atom is 0.343 e. The third-order valence-corrected chi connectivity index (χ3v) is 6.76. The number of benzene rings is 3. The first kappa shape index (κ1) is 18.1. The van der Waals surface area contributed by atoms with Crippen LogP contribution in [-0.2, 0) is 9.59 Å². The molecule has 1 heterocycles. The molecule has 2 amide bonds. The normalized spacial score (nSPS) is 26.0. The Bertz CT molecular complexity index is 1260. The van der Waals surface area contributed by atoms with Gasteiger partial charge in [-0.15, -0.1) is 0 Å². The minimum absolute atomic E-state index is 0.149. The fourth-order valence-electron chi connectivity index (χ4n) is 5.37. The lowest BCUT2D eigenvalue weighted by Gasteiger charge is -2.18. The molecular weight excluding hydrogens is 390 g/mol. The summed E-state index contributed by atoms with van der Waals surface area (Å²) in [5, 5.41) is 1.82. The fourth-order valence-corrected chi connectivity index (χ4v) is 5.37. The Morgan fingerprint density at radius 2 is 1.52 bits per heavy atom. The first-order chi connectivity index (χ1) is 15.1. The smallest absolute Gasteiger partial charge is 0.343 e. The molecule has 2 aliphatic carbocycles. The summed E-state index contributed by atoms with van der Waals surface area (Å²) < 4.78 is 5.67. The van der Waals surface area contributed by atoms with Crippen molar-refractivity contribution in [3.63, 3.8) is 0 Å². The Labute approximate surface area is 178 Å². The fraction of sp³-hybridized carbons (Fsp3) is 0.192. The maximum atomic E-state index is 13.1. The van der Waals surface area contributed by atoms with Gasteiger partial charge in [0.2, 0.25) is 11.8 Å². The van der Waals surface area contributed by atoms with E-state index in [4.69, 9.17) is 4.74 Å². The molecule has 1 saturated heterocycles. The van der Waals surface area contributed by atoms with Crippen LogP contribution in [0, 0.1) is 23.7 Å². The van der Waals surface area contributed by atoms with Crippen LogP contribution in [-0.4, -0.2) is 17.8 Å². The minimum Gasteiger partial charge on any atom is -0.422 e. The molecule has 0 spiro atoms. The zero-order valence-electron chi connectivity index (χ0n) is 16.6. The highest BCUT2D eigenvalue weighted by atomic mass is 16.5. The van der Waals surface area contributed by atoms with Crippen LogP contribution in [0.2, 0.25) is 0 Å². The summed E-state index contributed by atoms with van der Waals surface area (Å²) in [5.74, 6) is -0.620. The van der Waals surface area contributed by atoms with Crippen LogP contribution in [0.5, 0.6) is 5.75 Å². The molecule has 0 N–H and O–H groups in total. The third kappa shape index (κ3) is 2.66. The second-order valence-corrected chi connectivity index (χ2v) is 8.43. The van der Waals surface area contributed by atoms with Crippen LogP contribution in [0.4, 0.5) is 5.69 Å². The Morgan fingerprint density at radius 3 is 2.29 bits per heavy atom. The predicted octanol–water partition coefficient (Wildman–Crippen LogP) is 4.37. The van der Waals surface area contributed by atoms with E-state index < -0.39 is 5.97 Å². The molecule has 2 fully saturated rings. The molecule has 4 unspecified atom stereocenters. The number of anilines is 1. The summed E-state index contributed by atoms with van der Waals surface area (Å²) >= 11 is 0. The van der Waals surface area contributed by atoms with Crippen molar-refractivity contribution in [1.82, 2.24) is 0 Å². The molecule has 152 valence electrons. The van der Waals surface area contributed by atoms with Crippen molar-refractivity contribution in [2.45, 2.75) is 6.42 Å². The number of nitrogens with zero attached hydrogens (tertiary/aromatic N) is 1. The van der Waals surface area contributed by atoms with Crippen molar-refractivity contribution in [2.24, 2.45) is 23.7 Å². The second-order valence-electron chi connectivity index (χ2n) is 8.43. The summed E-state index contributed by atoms with van der Waals surface area (Å²) in [6, 6.07) is 19.8. The molecule has 1 saturated carbocycles. The number of imide groups is 1. The number of hydrogen-bond donors (Lipinski definition) is 0. The first-order valence-electron chi connectivity index (χ1n) is 10.5. The maximum absolute atomic E-state index is 13.1. The average Bonchev–Trinajstić information content (AvgIpc) is 3.48. The zero-order chi connectivity index (χ0) is 21.1. The topological polar surface area (TPSA) is 63.7 Å². The largest absolute Gasteiger partial charge is 0.422 e. The Morgan fingerprint density at radius 1 is 0.839 bits per heavy atom. The van der Waals surface area contributed by atoms with Crippen molar-refractivity contribution in [1.29, 1.82) is 0 Å². The van der Waals surface area contributed by atoms with Gasteiger partial charge in [-0.2, -0.15) is 0 Å². The molecule has 3 aromatic rings. The highest BCUT2D eigenvalue weighted by molar-refractivity contribution is 6.23. The molecule has 2 bridgehead atoms. The van der Waals surface area contributed by atoms with Gasteiger partial charge in [0.05, 0.1) is 23.1 Å². The van der Waals surface area contributed by atoms with Crippen LogP contribution in [0.1, 0.15) is 16.8 Å². The van der Waals surface area contributed by atoms with Gasteiger partial charge in [-0.05, 0) is 47.9 Å². The molecule has 3 aromatic carbocycles. The molecule has 3 aliphatic rings. The molecule has 1 aliphatic heterocycles. The van der Waals surface area contributed by atoms with Gasteiger partial charge < -0.3 is 4.74 Å². The molecule has 6 rings (SSSR count). The van der Waals surface area contributed by atoms with E-state index in [-0.39, 0.29) is 35.5 Å². The number of fused-ring (bicyclic) bond motifs is 6. The summed E-state index contributed by atoms with van der Waals surface area (Å²) in [4.78, 5) is 40.3. The van der Waals surface area contributed by atoms with Crippen molar-refractivity contribution < 1.29 is 19.1 Å². The number of rotatable bonds is 3. The number of ether oxygens (including phenoxy) is 1. The van der Waals surface area contributed by atoms with Crippen molar-refractivity contribution >= 4 is 34.2 Å². The average molecular weight is 409 g/mol. The Kier molecular flexibility index (Phi) is 3.87. The van der Waals surface area contributed by atoms with E-state index in [1.807, 2.05) is 36.4 Å². The highest BCUT2D eigenvalue weighted by Gasteiger charge is 2.59. The van der Waals surface area contributed by atoms with Gasteiger partial charge in [0, 0.05) is 5.39 Å². The number of esters is 1. The molecular formula is C26H19NO4. The van der Waals surface area contributed by atoms with Gasteiger partial charge in [-0.25, -0.2) is 9.69 Å². The molecule has 5 nitrogen and oxygen atoms in total. The Balaban J connectivity index is 1.29. The number of carbonyl (C=O) groups is 3. The lowest BCUT2D eigenvalue weighted by atomic mass is 9.85. The van der Waals surface area contributed by atoms with Crippen molar-refractivity contribution in [2.75, 3.05) is 4.90 Å². The van der Waals surface area contributed by atoms with Crippen molar-refractivity contribution in [3.8, 4) is 5.75 Å². The SMILES string of the molecule is O=C(Oc1cccc2ccccc12)c1cccc(N2C(=O)C3C4C=CC(C4)C3C2=O)c1. The number of amides is 2. The van der Waals surface area contributed by atoms with Crippen LogP contribution in [0.15, 0.2) is 78.9 Å². The summed E-state index contributed by atoms with van der Waals surface area (Å²) in [6.07, 6.45) is 5.02. The lowest BCUT2D eigenvalue weighted by Crippen LogP contribution is -2.33. The van der Waals surface area contributed by atoms with Gasteiger partial charge >= 0.3 is 5.97 Å². The summed E-state index contributed by atoms with van der Waals surface area (Å²) in [7, 11) is 0. The van der Waals surface area contributed by atoms with E-state index in [2.05, 4.69) is 12.2 Å². The Hall–Kier alpha value is -3.73. The number of carbonyl (C=O) groups excluding carboxylic acids is 3. The van der Waals surface area contributed by atoms with Gasteiger partial charge in [-0.3, -0.25) is 9.59 Å². The lowest BCUT2D eigenvalue weighted by molar-refractivity contribution is -0.123. The van der Waals surface area contributed by atoms with E-state index in [0.29, 0.717) is 17.0 Å². The van der Waals surface area contributed by atoms with Crippen LogP contribution < -0.4 is 9.64 Å². The van der Waals surface area contributed by atoms with Gasteiger partial charge in [0.25, 0.3) is 0 Å². The van der Waals surface area contributed by atoms with E-state index >= 15 is 0 Å². The molecule has 4 atom stereocenters. The third-order valence-electron chi connectivity index (χ3n) is 6.76. The van der Waals surface area contributed by atoms with Gasteiger partial charge in [0.1, 0.15) is 5.75 Å². The standard InChI is InChI=1S/C26H19NO4/c28-24-22-16-11-12-17(13-16)23(22)25(29)27(24)19-8-3-7-18(14-19)26(30)31-21-10-4-6-15-5-1-2-9-20(15)21/h1-12,14,16-17,22-23H,13H2. The van der Waals surface area contributed by atoms with Gasteiger partial charge in [-0.1, -0.05) is 54.6 Å².